The molecule has 0 unspecified atom stereocenters. The Hall–Kier alpha value is -1.46. The number of carbonyl (C=O) groups is 1. The molecule has 3 N–H and O–H groups in total. The van der Waals surface area contributed by atoms with Gasteiger partial charge < -0.3 is 15.7 Å². The third kappa shape index (κ3) is 2.45. The molecule has 1 aliphatic rings. The van der Waals surface area contributed by atoms with Gasteiger partial charge >= 0.3 is 0 Å². The van der Waals surface area contributed by atoms with Gasteiger partial charge in [0.1, 0.15) is 5.82 Å². The number of benzene rings is 1. The van der Waals surface area contributed by atoms with Crippen LogP contribution in [0.15, 0.2) is 18.2 Å². The highest BCUT2D eigenvalue weighted by molar-refractivity contribution is 5.96. The van der Waals surface area contributed by atoms with E-state index in [1.807, 2.05) is 0 Å². The number of rotatable bonds is 3. The first-order valence-electron chi connectivity index (χ1n) is 5.58. The molecule has 0 saturated heterocycles. The summed E-state index contributed by atoms with van der Waals surface area (Å²) in [7, 11) is 0. The van der Waals surface area contributed by atoms with Crippen molar-refractivity contribution in [3.8, 4) is 0 Å². The van der Waals surface area contributed by atoms with E-state index in [1.54, 1.807) is 6.07 Å². The number of fused-ring (bicyclic) bond motifs is 1. The van der Waals surface area contributed by atoms with Crippen LogP contribution in [0, 0.1) is 5.82 Å². The minimum Gasteiger partial charge on any atom is -0.390 e. The van der Waals surface area contributed by atoms with Crippen molar-refractivity contribution < 1.29 is 14.3 Å². The van der Waals surface area contributed by atoms with Crippen LogP contribution in [0.2, 0.25) is 0 Å². The van der Waals surface area contributed by atoms with Crippen LogP contribution in [-0.4, -0.2) is 30.2 Å². The van der Waals surface area contributed by atoms with E-state index < -0.39 is 6.10 Å². The van der Waals surface area contributed by atoms with Gasteiger partial charge in [0.05, 0.1) is 12.6 Å². The molecule has 1 amide bonds. The van der Waals surface area contributed by atoms with Crippen LogP contribution in [0.1, 0.15) is 12.0 Å². The van der Waals surface area contributed by atoms with E-state index in [4.69, 9.17) is 5.73 Å². The molecule has 1 aliphatic heterocycles. The van der Waals surface area contributed by atoms with Crippen molar-refractivity contribution >= 4 is 11.6 Å². The van der Waals surface area contributed by atoms with E-state index in [9.17, 15) is 14.3 Å². The number of β-amino-alcohol motifs (C(OH)–C–C–N with tert-alkyl or cyclic N) is 1. The maximum Gasteiger partial charge on any atom is 0.227 e. The lowest BCUT2D eigenvalue weighted by Crippen LogP contribution is -2.42. The molecule has 0 saturated carbocycles. The van der Waals surface area contributed by atoms with Crippen molar-refractivity contribution in [3.63, 3.8) is 0 Å². The first kappa shape index (κ1) is 12.0. The van der Waals surface area contributed by atoms with Gasteiger partial charge in [-0.05, 0) is 24.1 Å². The number of amides is 1. The average Bonchev–Trinajstić information content (AvgIpc) is 2.32. The fourth-order valence-corrected chi connectivity index (χ4v) is 2.00. The monoisotopic (exact) mass is 238 g/mol. The summed E-state index contributed by atoms with van der Waals surface area (Å²) in [5, 5.41) is 9.51. The second-order valence-corrected chi connectivity index (χ2v) is 4.17. The van der Waals surface area contributed by atoms with Crippen LogP contribution >= 0.6 is 0 Å². The van der Waals surface area contributed by atoms with E-state index in [2.05, 4.69) is 0 Å². The second-order valence-electron chi connectivity index (χ2n) is 4.17. The fourth-order valence-electron chi connectivity index (χ4n) is 2.00. The zero-order valence-electron chi connectivity index (χ0n) is 9.40. The normalized spacial score (nSPS) is 16.9. The molecule has 1 aromatic carbocycles. The van der Waals surface area contributed by atoms with Crippen LogP contribution < -0.4 is 10.6 Å². The number of hydrogen-bond acceptors (Lipinski definition) is 3. The van der Waals surface area contributed by atoms with Gasteiger partial charge in [-0.1, -0.05) is 6.07 Å². The van der Waals surface area contributed by atoms with Gasteiger partial charge in [-0.25, -0.2) is 4.39 Å². The number of aliphatic hydroxyl groups is 1. The molecule has 1 heterocycles. The van der Waals surface area contributed by atoms with E-state index >= 15 is 0 Å². The molecular formula is C12H15FN2O2. The number of nitrogens with zero attached hydrogens (tertiary/aromatic N) is 1. The Morgan fingerprint density at radius 2 is 2.24 bits per heavy atom. The third-order valence-electron chi connectivity index (χ3n) is 2.91. The van der Waals surface area contributed by atoms with Crippen molar-refractivity contribution in [1.29, 1.82) is 0 Å². The molecule has 92 valence electrons. The van der Waals surface area contributed by atoms with Crippen LogP contribution in [0.4, 0.5) is 10.1 Å². The van der Waals surface area contributed by atoms with Gasteiger partial charge in [0.15, 0.2) is 0 Å². The quantitative estimate of drug-likeness (QED) is 0.802. The first-order chi connectivity index (χ1) is 8.11. The van der Waals surface area contributed by atoms with Crippen LogP contribution in [0.3, 0.4) is 0 Å². The van der Waals surface area contributed by atoms with Crippen molar-refractivity contribution in [2.24, 2.45) is 5.73 Å². The van der Waals surface area contributed by atoms with Crippen molar-refractivity contribution in [2.45, 2.75) is 18.9 Å². The molecule has 0 radical (unpaired) electrons. The predicted octanol–water partition coefficient (Wildman–Crippen LogP) is 0.424. The number of halogens is 1. The second kappa shape index (κ2) is 4.81. The summed E-state index contributed by atoms with van der Waals surface area (Å²) in [5.74, 6) is -0.485. The maximum atomic E-state index is 13.2. The largest absolute Gasteiger partial charge is 0.390 e. The van der Waals surface area contributed by atoms with Crippen LogP contribution in [0.25, 0.3) is 0 Å². The lowest BCUT2D eigenvalue weighted by Gasteiger charge is -2.30. The standard InChI is InChI=1S/C12H15FN2O2/c13-9-3-1-8-2-4-12(17)15(11(8)5-9)7-10(16)6-14/h1,3,5,10,16H,2,4,6-7,14H2/t10-/m1/s1. The molecule has 17 heavy (non-hydrogen) atoms. The van der Waals surface area contributed by atoms with Crippen molar-refractivity contribution in [1.82, 2.24) is 0 Å². The molecular weight excluding hydrogens is 223 g/mol. The molecule has 0 bridgehead atoms. The van der Waals surface area contributed by atoms with Gasteiger partial charge in [-0.3, -0.25) is 4.79 Å². The van der Waals surface area contributed by atoms with Gasteiger partial charge in [0.25, 0.3) is 0 Å². The number of carbonyl (C=O) groups excluding carboxylic acids is 1. The fraction of sp³-hybridized carbons (Fsp3) is 0.417. The summed E-state index contributed by atoms with van der Waals surface area (Å²) >= 11 is 0. The smallest absolute Gasteiger partial charge is 0.227 e. The van der Waals surface area contributed by atoms with Crippen molar-refractivity contribution in [3.05, 3.63) is 29.6 Å². The molecule has 0 fully saturated rings. The Labute approximate surface area is 98.8 Å². The number of hydrogen-bond donors (Lipinski definition) is 2. The Morgan fingerprint density at radius 3 is 2.94 bits per heavy atom. The van der Waals surface area contributed by atoms with Gasteiger partial charge in [0.2, 0.25) is 5.91 Å². The van der Waals surface area contributed by atoms with Crippen LogP contribution in [-0.2, 0) is 11.2 Å². The summed E-state index contributed by atoms with van der Waals surface area (Å²) in [6.45, 7) is 0.195. The minimum atomic E-state index is -0.784. The highest BCUT2D eigenvalue weighted by Gasteiger charge is 2.25. The number of nitrogens with two attached hydrogens (primary N) is 1. The van der Waals surface area contributed by atoms with Gasteiger partial charge in [-0.15, -0.1) is 0 Å². The third-order valence-corrected chi connectivity index (χ3v) is 2.91. The molecule has 0 aliphatic carbocycles. The maximum absolute atomic E-state index is 13.2. The SMILES string of the molecule is NC[C@@H](O)CN1C(=O)CCc2ccc(F)cc21. The zero-order valence-corrected chi connectivity index (χ0v) is 9.40. The van der Waals surface area contributed by atoms with E-state index in [0.29, 0.717) is 18.5 Å². The Morgan fingerprint density at radius 1 is 1.47 bits per heavy atom. The Balaban J connectivity index is 2.32. The van der Waals surface area contributed by atoms with Crippen molar-refractivity contribution in [2.75, 3.05) is 18.0 Å². The lowest BCUT2D eigenvalue weighted by molar-refractivity contribution is -0.119. The minimum absolute atomic E-state index is 0.0778. The van der Waals surface area contributed by atoms with Gasteiger partial charge in [0, 0.05) is 18.7 Å². The summed E-state index contributed by atoms with van der Waals surface area (Å²) < 4.78 is 13.2. The summed E-state index contributed by atoms with van der Waals surface area (Å²) in [4.78, 5) is 13.2. The number of aryl methyl sites for hydroxylation is 1. The zero-order chi connectivity index (χ0) is 12.4. The van der Waals surface area contributed by atoms with E-state index in [-0.39, 0.29) is 24.8 Å². The highest BCUT2D eigenvalue weighted by atomic mass is 19.1. The lowest BCUT2D eigenvalue weighted by atomic mass is 10.0. The van der Waals surface area contributed by atoms with Crippen LogP contribution in [0.5, 0.6) is 0 Å². The van der Waals surface area contributed by atoms with Gasteiger partial charge in [-0.2, -0.15) is 0 Å². The Bertz CT molecular complexity index is 437. The molecule has 0 spiro atoms. The predicted molar refractivity (Wildman–Crippen MR) is 62.1 cm³/mol. The topological polar surface area (TPSA) is 66.6 Å². The summed E-state index contributed by atoms with van der Waals surface area (Å²) in [6.07, 6.45) is 0.215. The molecule has 0 aromatic heterocycles. The molecule has 1 aromatic rings. The molecule has 1 atom stereocenters. The Kier molecular flexibility index (Phi) is 3.40. The van der Waals surface area contributed by atoms with E-state index in [1.165, 1.54) is 17.0 Å². The summed E-state index contributed by atoms with van der Waals surface area (Å²) in [5.41, 5.74) is 6.80. The molecule has 4 nitrogen and oxygen atoms in total. The molecule has 2 rings (SSSR count). The summed E-state index contributed by atoms with van der Waals surface area (Å²) in [6, 6.07) is 4.39. The number of aliphatic hydroxyl groups excluding tert-OH is 1. The first-order valence-corrected chi connectivity index (χ1v) is 5.58. The highest BCUT2D eigenvalue weighted by Crippen LogP contribution is 2.28. The van der Waals surface area contributed by atoms with E-state index in [0.717, 1.165) is 5.56 Å². The number of anilines is 1. The molecule has 5 heteroatoms. The average molecular weight is 238 g/mol.